The van der Waals surface area contributed by atoms with E-state index in [4.69, 9.17) is 0 Å². The first-order chi connectivity index (χ1) is 7.86. The number of methoxy groups -OCH3 is 1. The third-order valence-corrected chi connectivity index (χ3v) is 2.16. The molecule has 1 aromatic heterocycles. The van der Waals surface area contributed by atoms with Gasteiger partial charge >= 0.3 is 5.97 Å². The van der Waals surface area contributed by atoms with Crippen LogP contribution in [0.3, 0.4) is 0 Å². The van der Waals surface area contributed by atoms with Gasteiger partial charge in [0.25, 0.3) is 5.91 Å². The highest BCUT2D eigenvalue weighted by atomic mass is 16.5. The van der Waals surface area contributed by atoms with Gasteiger partial charge in [0.1, 0.15) is 5.54 Å². The highest BCUT2D eigenvalue weighted by molar-refractivity contribution is 5.97. The van der Waals surface area contributed by atoms with Crippen molar-refractivity contribution in [3.05, 3.63) is 34.2 Å². The molecule has 2 N–H and O–H groups in total. The number of nitrogens with one attached hydrogen (secondary N) is 2. The van der Waals surface area contributed by atoms with Gasteiger partial charge in [-0.05, 0) is 19.9 Å². The van der Waals surface area contributed by atoms with Crippen molar-refractivity contribution in [1.29, 1.82) is 0 Å². The molecular formula is C11H14N2O4. The van der Waals surface area contributed by atoms with Crippen LogP contribution in [0.1, 0.15) is 24.2 Å². The fourth-order valence-corrected chi connectivity index (χ4v) is 1.25. The van der Waals surface area contributed by atoms with Gasteiger partial charge in [0, 0.05) is 17.8 Å². The van der Waals surface area contributed by atoms with Gasteiger partial charge in [-0.15, -0.1) is 0 Å². The fraction of sp³-hybridized carbons (Fsp3) is 0.364. The average Bonchev–Trinajstić information content (AvgIpc) is 2.27. The van der Waals surface area contributed by atoms with Gasteiger partial charge in [-0.2, -0.15) is 0 Å². The number of hydrogen-bond donors (Lipinski definition) is 2. The van der Waals surface area contributed by atoms with E-state index in [0.29, 0.717) is 0 Å². The first-order valence-electron chi connectivity index (χ1n) is 4.96. The molecule has 17 heavy (non-hydrogen) atoms. The topological polar surface area (TPSA) is 88.3 Å². The molecule has 0 atom stereocenters. The van der Waals surface area contributed by atoms with Crippen LogP contribution < -0.4 is 10.9 Å². The van der Waals surface area contributed by atoms with Crippen LogP contribution in [-0.4, -0.2) is 29.5 Å². The molecule has 1 aromatic rings. The minimum Gasteiger partial charge on any atom is -0.467 e. The molecule has 0 bridgehead atoms. The van der Waals surface area contributed by atoms with Crippen molar-refractivity contribution < 1.29 is 14.3 Å². The van der Waals surface area contributed by atoms with Crippen molar-refractivity contribution in [2.24, 2.45) is 0 Å². The largest absolute Gasteiger partial charge is 0.467 e. The lowest BCUT2D eigenvalue weighted by atomic mass is 10.1. The van der Waals surface area contributed by atoms with Crippen LogP contribution in [0.4, 0.5) is 0 Å². The quantitative estimate of drug-likeness (QED) is 0.728. The number of aromatic nitrogens is 1. The number of rotatable bonds is 3. The number of carbonyl (C=O) groups excluding carboxylic acids is 2. The second kappa shape index (κ2) is 4.82. The maximum atomic E-state index is 11.8. The highest BCUT2D eigenvalue weighted by Crippen LogP contribution is 2.06. The fourth-order valence-electron chi connectivity index (χ4n) is 1.25. The van der Waals surface area contributed by atoms with Gasteiger partial charge in [0.05, 0.1) is 7.11 Å². The lowest BCUT2D eigenvalue weighted by Crippen LogP contribution is -2.50. The van der Waals surface area contributed by atoms with Crippen molar-refractivity contribution in [2.45, 2.75) is 19.4 Å². The Morgan fingerprint density at radius 3 is 2.59 bits per heavy atom. The summed E-state index contributed by atoms with van der Waals surface area (Å²) in [6, 6.07) is 2.60. The monoisotopic (exact) mass is 238 g/mol. The SMILES string of the molecule is COC(=O)C(C)(C)NC(=O)c1cc[nH]c(=O)c1. The van der Waals surface area contributed by atoms with Crippen LogP contribution >= 0.6 is 0 Å². The van der Waals surface area contributed by atoms with Crippen molar-refractivity contribution in [3.8, 4) is 0 Å². The van der Waals surface area contributed by atoms with Crippen LogP contribution in [0, 0.1) is 0 Å². The Morgan fingerprint density at radius 1 is 1.41 bits per heavy atom. The van der Waals surface area contributed by atoms with E-state index in [1.165, 1.54) is 33.2 Å². The Kier molecular flexibility index (Phi) is 3.67. The van der Waals surface area contributed by atoms with Crippen molar-refractivity contribution in [2.75, 3.05) is 7.11 Å². The smallest absolute Gasteiger partial charge is 0.330 e. The van der Waals surface area contributed by atoms with Gasteiger partial charge in [-0.1, -0.05) is 0 Å². The Hall–Kier alpha value is -2.11. The maximum Gasteiger partial charge on any atom is 0.330 e. The summed E-state index contributed by atoms with van der Waals surface area (Å²) in [5.41, 5.74) is -1.34. The normalized spacial score (nSPS) is 10.8. The summed E-state index contributed by atoms with van der Waals surface area (Å²) in [6.45, 7) is 3.04. The molecule has 0 fully saturated rings. The van der Waals surface area contributed by atoms with Gasteiger partial charge in [-0.3, -0.25) is 9.59 Å². The van der Waals surface area contributed by atoms with Crippen LogP contribution in [-0.2, 0) is 9.53 Å². The highest BCUT2D eigenvalue weighted by Gasteiger charge is 2.30. The van der Waals surface area contributed by atoms with E-state index in [2.05, 4.69) is 15.0 Å². The summed E-state index contributed by atoms with van der Waals surface area (Å²) < 4.78 is 4.55. The summed E-state index contributed by atoms with van der Waals surface area (Å²) in [5, 5.41) is 2.48. The zero-order valence-electron chi connectivity index (χ0n) is 9.87. The number of carbonyl (C=O) groups is 2. The zero-order chi connectivity index (χ0) is 13.1. The number of H-pyrrole nitrogens is 1. The molecule has 0 aliphatic carbocycles. The Bertz CT molecular complexity index is 490. The first-order valence-corrected chi connectivity index (χ1v) is 4.96. The van der Waals surface area contributed by atoms with E-state index < -0.39 is 17.4 Å². The molecule has 1 amide bonds. The van der Waals surface area contributed by atoms with Crippen LogP contribution in [0.15, 0.2) is 23.1 Å². The number of ether oxygens (including phenoxy) is 1. The molecule has 1 rings (SSSR count). The summed E-state index contributed by atoms with van der Waals surface area (Å²) in [6.07, 6.45) is 1.36. The van der Waals surface area contributed by atoms with Gasteiger partial charge in [-0.25, -0.2) is 4.79 Å². The lowest BCUT2D eigenvalue weighted by molar-refractivity contribution is -0.146. The molecule has 0 aliphatic rings. The minimum absolute atomic E-state index is 0.186. The van der Waals surface area contributed by atoms with E-state index in [-0.39, 0.29) is 11.1 Å². The van der Waals surface area contributed by atoms with Crippen LogP contribution in [0.2, 0.25) is 0 Å². The molecule has 0 spiro atoms. The van der Waals surface area contributed by atoms with Crippen molar-refractivity contribution in [3.63, 3.8) is 0 Å². The standard InChI is InChI=1S/C11H14N2O4/c1-11(2,10(16)17-3)13-9(15)7-4-5-12-8(14)6-7/h4-6H,1-3H3,(H,12,14)(H,13,15). The molecule has 1 heterocycles. The molecule has 0 unspecified atom stereocenters. The van der Waals surface area contributed by atoms with Gasteiger partial charge in [0.2, 0.25) is 5.56 Å². The minimum atomic E-state index is -1.14. The summed E-state index contributed by atoms with van der Waals surface area (Å²) >= 11 is 0. The van der Waals surface area contributed by atoms with Crippen LogP contribution in [0.5, 0.6) is 0 Å². The predicted octanol–water partition coefficient (Wildman–Crippen LogP) is 0.0563. The lowest BCUT2D eigenvalue weighted by Gasteiger charge is -2.22. The maximum absolute atomic E-state index is 11.8. The number of esters is 1. The Labute approximate surface area is 98.0 Å². The van der Waals surface area contributed by atoms with Crippen molar-refractivity contribution >= 4 is 11.9 Å². The number of pyridine rings is 1. The first kappa shape index (κ1) is 13.0. The van der Waals surface area contributed by atoms with E-state index in [9.17, 15) is 14.4 Å². The summed E-state index contributed by atoms with van der Waals surface area (Å²) in [7, 11) is 1.24. The van der Waals surface area contributed by atoms with E-state index in [1.807, 2.05) is 0 Å². The number of aromatic amines is 1. The molecular weight excluding hydrogens is 224 g/mol. The third kappa shape index (κ3) is 3.17. The predicted molar refractivity (Wildman–Crippen MR) is 60.6 cm³/mol. The van der Waals surface area contributed by atoms with Gasteiger partial charge in [0.15, 0.2) is 0 Å². The molecule has 0 saturated carbocycles. The van der Waals surface area contributed by atoms with Gasteiger partial charge < -0.3 is 15.0 Å². The molecule has 0 aromatic carbocycles. The zero-order valence-corrected chi connectivity index (χ0v) is 9.87. The molecule has 0 aliphatic heterocycles. The molecule has 0 saturated heterocycles. The molecule has 0 radical (unpaired) electrons. The summed E-state index contributed by atoms with van der Waals surface area (Å²) in [5.74, 6) is -1.07. The summed E-state index contributed by atoms with van der Waals surface area (Å²) in [4.78, 5) is 36.5. The number of amides is 1. The molecule has 92 valence electrons. The van der Waals surface area contributed by atoms with Crippen LogP contribution in [0.25, 0.3) is 0 Å². The Balaban J connectivity index is 2.86. The van der Waals surface area contributed by atoms with E-state index >= 15 is 0 Å². The van der Waals surface area contributed by atoms with E-state index in [0.717, 1.165) is 6.07 Å². The number of hydrogen-bond acceptors (Lipinski definition) is 4. The van der Waals surface area contributed by atoms with E-state index in [1.54, 1.807) is 0 Å². The second-order valence-electron chi connectivity index (χ2n) is 4.01. The third-order valence-electron chi connectivity index (χ3n) is 2.16. The Morgan fingerprint density at radius 2 is 2.06 bits per heavy atom. The average molecular weight is 238 g/mol. The van der Waals surface area contributed by atoms with Crippen molar-refractivity contribution in [1.82, 2.24) is 10.3 Å². The second-order valence-corrected chi connectivity index (χ2v) is 4.01. The molecule has 6 heteroatoms. The molecule has 6 nitrogen and oxygen atoms in total.